The summed E-state index contributed by atoms with van der Waals surface area (Å²) >= 11 is 3.70. The van der Waals surface area contributed by atoms with Crippen molar-refractivity contribution in [1.29, 1.82) is 0 Å². The maximum absolute atomic E-state index is 12.1. The summed E-state index contributed by atoms with van der Waals surface area (Å²) in [4.78, 5) is 22.8. The lowest BCUT2D eigenvalue weighted by molar-refractivity contribution is -0.214. The third-order valence-electron chi connectivity index (χ3n) is 4.89. The lowest BCUT2D eigenvalue weighted by atomic mass is 10.4. The summed E-state index contributed by atoms with van der Waals surface area (Å²) in [6.45, 7) is 3.14. The molecule has 0 spiro atoms. The van der Waals surface area contributed by atoms with Crippen LogP contribution >= 0.6 is 69.2 Å². The number of hydrogen-bond acceptors (Lipinski definition) is 14. The van der Waals surface area contributed by atoms with Crippen molar-refractivity contribution in [3.63, 3.8) is 0 Å². The molecule has 18 nitrogen and oxygen atoms in total. The molecule has 2 aromatic carbocycles. The van der Waals surface area contributed by atoms with Crippen LogP contribution in [-0.4, -0.2) is 73.0 Å². The van der Waals surface area contributed by atoms with Gasteiger partial charge in [0, 0.05) is 14.6 Å². The molecule has 2 aromatic heterocycles. The summed E-state index contributed by atoms with van der Waals surface area (Å²) in [6, 6.07) is 10.1. The molecule has 4 aromatic rings. The number of aromatic nitrogens is 6. The molecule has 266 valence electrons. The third-order valence-corrected chi connectivity index (χ3v) is 10.1. The van der Waals surface area contributed by atoms with Crippen molar-refractivity contribution in [3.8, 4) is 12.0 Å². The molecule has 0 atom stereocenters. The summed E-state index contributed by atoms with van der Waals surface area (Å²) < 4.78 is 65.5. The Kier molecular flexibility index (Phi) is 18.9. The van der Waals surface area contributed by atoms with Crippen LogP contribution in [0.3, 0.4) is 0 Å². The van der Waals surface area contributed by atoms with Gasteiger partial charge in [0.1, 0.15) is 21.4 Å². The zero-order valence-electron chi connectivity index (χ0n) is 25.4. The molecule has 2 heterocycles. The highest BCUT2D eigenvalue weighted by atomic mass is 127. The molecule has 4 rings (SSSR count). The number of anilines is 2. The van der Waals surface area contributed by atoms with E-state index in [4.69, 9.17) is 9.47 Å². The summed E-state index contributed by atoms with van der Waals surface area (Å²) in [5.41, 5.74) is 0. The third kappa shape index (κ3) is 13.8. The molecule has 0 aliphatic rings. The zero-order chi connectivity index (χ0) is 34.1. The second-order valence-corrected chi connectivity index (χ2v) is 13.7. The Balaban J connectivity index is 0.000000886. The average Bonchev–Trinajstić information content (AvgIpc) is 2.96. The Bertz CT molecular complexity index is 1860. The lowest BCUT2D eigenvalue weighted by Crippen LogP contribution is -2.29. The smallest absolute Gasteiger partial charge is 0.321 e. The average molecular weight is 1060 g/mol. The van der Waals surface area contributed by atoms with E-state index in [9.17, 15) is 27.0 Å². The largest absolute Gasteiger partial charge is 0.845 e. The van der Waals surface area contributed by atoms with Gasteiger partial charge in [0.15, 0.2) is 0 Å². The maximum atomic E-state index is 12.1. The van der Waals surface area contributed by atoms with E-state index in [2.05, 4.69) is 49.3 Å². The number of rotatable bonds is 8. The van der Waals surface area contributed by atoms with Crippen LogP contribution in [0.1, 0.15) is 19.1 Å². The minimum Gasteiger partial charge on any atom is -0.845 e. The first-order valence-corrected chi connectivity index (χ1v) is 17.3. The van der Waals surface area contributed by atoms with Gasteiger partial charge in [-0.05, 0) is 83.3 Å². The number of hydrogen-bond donors (Lipinski definition) is 2. The number of methoxy groups -OCH3 is 2. The van der Waals surface area contributed by atoms with Crippen molar-refractivity contribution >= 4 is 113 Å². The molecule has 49 heavy (non-hydrogen) atoms. The summed E-state index contributed by atoms with van der Waals surface area (Å²) in [7, 11) is -5.56. The standard InChI is InChI=1S/2C12H12IN5O4S.CH4.CH3.HI/c2*1-7-14-10(17-12(15-7)22-2)16-11(19)18-23(20,21)9-6-4-3-5-8(9)13;;;/h2*3-6H,1-2H3,(H2,14,15,16,17,18,19);1H4;1H3;1H/q;;;+1;/p-2. The van der Waals surface area contributed by atoms with Crippen LogP contribution < -0.4 is 30.3 Å². The van der Waals surface area contributed by atoms with Crippen molar-refractivity contribution in [2.24, 2.45) is 8.80 Å². The Morgan fingerprint density at radius 3 is 1.31 bits per heavy atom. The Morgan fingerprint density at radius 2 is 1.00 bits per heavy atom. The molecular formula is C26H30I3N10O8S2-. The fourth-order valence-corrected chi connectivity index (χ4v) is 7.37. The molecule has 0 unspecified atom stereocenters. The number of ether oxygens (including phenoxy) is 2. The van der Waals surface area contributed by atoms with Crippen molar-refractivity contribution < 1.29 is 36.5 Å². The number of halogens is 3. The van der Waals surface area contributed by atoms with Crippen LogP contribution in [0, 0.1) is 28.4 Å². The lowest BCUT2D eigenvalue weighted by Gasteiger charge is -2.13. The van der Waals surface area contributed by atoms with Gasteiger partial charge in [0.25, 0.3) is 20.0 Å². The van der Waals surface area contributed by atoms with Gasteiger partial charge in [-0.15, -0.1) is 24.0 Å². The molecule has 0 bridgehead atoms. The molecule has 0 fully saturated rings. The van der Waals surface area contributed by atoms with Crippen molar-refractivity contribution in [3.05, 3.63) is 74.7 Å². The van der Waals surface area contributed by atoms with Gasteiger partial charge in [-0.2, -0.15) is 55.5 Å². The van der Waals surface area contributed by atoms with Crippen molar-refractivity contribution in [1.82, 2.24) is 29.9 Å². The fraction of sp³-hybridized carbons (Fsp3) is 0.192. The van der Waals surface area contributed by atoms with Crippen LogP contribution in [-0.2, 0) is 20.0 Å². The predicted molar refractivity (Wildman–Crippen MR) is 206 cm³/mol. The Labute approximate surface area is 328 Å². The van der Waals surface area contributed by atoms with E-state index < -0.39 is 32.1 Å². The van der Waals surface area contributed by atoms with Gasteiger partial charge in [-0.3, -0.25) is 0 Å². The summed E-state index contributed by atoms with van der Waals surface area (Å²) in [5, 5.41) is 28.0. The highest BCUT2D eigenvalue weighted by molar-refractivity contribution is 14.1. The normalized spacial score (nSPS) is 11.3. The van der Waals surface area contributed by atoms with E-state index >= 15 is 0 Å². The molecule has 0 amide bonds. The first-order chi connectivity index (χ1) is 21.6. The molecule has 0 saturated carbocycles. The SMILES string of the molecule is C.COc1nc(C)nc(NC([O-])=NS(=O)(=O)c2ccccc2I)n1.COc1nc(C)nc(NC([O-])=NS(=O)(=O)c2ccccc2I)n1.I.[CH3+]. The number of aryl methyl sites for hydroxylation is 2. The number of nitrogens with zero attached hydrogens (tertiary/aromatic N) is 8. The first-order valence-electron chi connectivity index (χ1n) is 12.2. The van der Waals surface area contributed by atoms with Crippen LogP contribution in [0.2, 0.25) is 0 Å². The van der Waals surface area contributed by atoms with Crippen LogP contribution in [0.25, 0.3) is 0 Å². The maximum Gasteiger partial charge on any atom is 0.321 e. The van der Waals surface area contributed by atoms with E-state index in [0.29, 0.717) is 18.8 Å². The van der Waals surface area contributed by atoms with Gasteiger partial charge >= 0.3 is 12.0 Å². The van der Waals surface area contributed by atoms with Crippen LogP contribution in [0.15, 0.2) is 67.1 Å². The number of nitrogens with one attached hydrogen (secondary N) is 2. The number of benzene rings is 2. The Hall–Kier alpha value is -3.44. The predicted octanol–water partition coefficient (Wildman–Crippen LogP) is 2.33. The highest BCUT2D eigenvalue weighted by Crippen LogP contribution is 2.20. The van der Waals surface area contributed by atoms with E-state index in [-0.39, 0.29) is 72.5 Å². The van der Waals surface area contributed by atoms with Gasteiger partial charge in [-0.1, -0.05) is 31.7 Å². The monoisotopic (exact) mass is 1050 g/mol. The number of sulfonamides is 2. The van der Waals surface area contributed by atoms with Gasteiger partial charge in [0.2, 0.25) is 11.9 Å². The fourth-order valence-electron chi connectivity index (χ4n) is 3.07. The second kappa shape index (κ2) is 20.3. The molecular weight excluding hydrogens is 1030 g/mol. The van der Waals surface area contributed by atoms with Crippen LogP contribution in [0.4, 0.5) is 11.9 Å². The first kappa shape index (κ1) is 45.6. The minimum atomic E-state index is -4.13. The topological polar surface area (TPSA) is 259 Å². The molecule has 0 aliphatic heterocycles. The zero-order valence-corrected chi connectivity index (χ0v) is 33.7. The second-order valence-electron chi connectivity index (χ2n) is 8.24. The quantitative estimate of drug-likeness (QED) is 0.111. The van der Waals surface area contributed by atoms with Gasteiger partial charge in [-0.25, -0.2) is 0 Å². The van der Waals surface area contributed by atoms with Gasteiger partial charge in [0.05, 0.1) is 26.3 Å². The molecule has 2 N–H and O–H groups in total. The van der Waals surface area contributed by atoms with Crippen molar-refractivity contribution in [2.75, 3.05) is 24.9 Å². The molecule has 23 heteroatoms. The van der Waals surface area contributed by atoms with Crippen LogP contribution in [0.5, 0.6) is 12.0 Å². The van der Waals surface area contributed by atoms with E-state index in [1.54, 1.807) is 50.2 Å². The van der Waals surface area contributed by atoms with E-state index in [1.165, 1.54) is 26.4 Å². The van der Waals surface area contributed by atoms with E-state index in [1.807, 2.05) is 45.2 Å². The molecule has 0 radical (unpaired) electrons. The van der Waals surface area contributed by atoms with Crippen molar-refractivity contribution in [2.45, 2.75) is 31.1 Å². The number of amidine groups is 2. The molecule has 0 saturated heterocycles. The van der Waals surface area contributed by atoms with Gasteiger partial charge < -0.3 is 30.3 Å². The summed E-state index contributed by atoms with van der Waals surface area (Å²) in [5.74, 6) is 0.294. The van der Waals surface area contributed by atoms with E-state index in [0.717, 1.165) is 0 Å². The Morgan fingerprint density at radius 1 is 0.673 bits per heavy atom. The highest BCUT2D eigenvalue weighted by Gasteiger charge is 2.17. The minimum absolute atomic E-state index is 0. The molecule has 0 aliphatic carbocycles. The summed E-state index contributed by atoms with van der Waals surface area (Å²) in [6.07, 6.45) is 0.